The van der Waals surface area contributed by atoms with E-state index in [2.05, 4.69) is 5.32 Å². The summed E-state index contributed by atoms with van der Waals surface area (Å²) < 4.78 is 0. The molecular weight excluding hydrogens is 374 g/mol. The van der Waals surface area contributed by atoms with Gasteiger partial charge in [-0.25, -0.2) is 4.79 Å². The fourth-order valence-corrected chi connectivity index (χ4v) is 3.20. The molecule has 0 aliphatic rings. The first-order valence-corrected chi connectivity index (χ1v) is 11.1. The molecule has 0 aromatic carbocycles. The van der Waals surface area contributed by atoms with Crippen LogP contribution < -0.4 is 5.32 Å². The van der Waals surface area contributed by atoms with Gasteiger partial charge in [0.25, 0.3) is 0 Å². The Morgan fingerprint density at radius 2 is 1.07 bits per heavy atom. The van der Waals surface area contributed by atoms with Crippen LogP contribution in [0.15, 0.2) is 0 Å². The first-order chi connectivity index (χ1) is 13.8. The molecule has 168 valence electrons. The zero-order chi connectivity index (χ0) is 21.9. The van der Waals surface area contributed by atoms with Crippen LogP contribution in [0.4, 0.5) is 0 Å². The van der Waals surface area contributed by atoms with Crippen LogP contribution in [0.3, 0.4) is 0 Å². The number of carbonyl (C=O) groups is 4. The van der Waals surface area contributed by atoms with E-state index < -0.39 is 18.0 Å². The van der Waals surface area contributed by atoms with Crippen molar-refractivity contribution in [2.45, 2.75) is 116 Å². The molecule has 7 heteroatoms. The molecule has 0 aromatic heterocycles. The van der Waals surface area contributed by atoms with Crippen LogP contribution >= 0.6 is 0 Å². The van der Waals surface area contributed by atoms with Crippen molar-refractivity contribution in [2.24, 2.45) is 0 Å². The number of carbonyl (C=O) groups excluding carboxylic acids is 2. The minimum atomic E-state index is -1.10. The van der Waals surface area contributed by atoms with Gasteiger partial charge in [0, 0.05) is 19.3 Å². The number of aliphatic carboxylic acids is 2. The van der Waals surface area contributed by atoms with Crippen LogP contribution in [0.5, 0.6) is 0 Å². The van der Waals surface area contributed by atoms with Crippen molar-refractivity contribution in [1.82, 2.24) is 5.32 Å². The number of nitrogens with one attached hydrogen (secondary N) is 1. The molecule has 0 aliphatic heterocycles. The van der Waals surface area contributed by atoms with Gasteiger partial charge < -0.3 is 20.3 Å². The van der Waals surface area contributed by atoms with Gasteiger partial charge in [0.1, 0.15) is 11.8 Å². The number of hydrogen-bond acceptors (Lipinski definition) is 4. The van der Waals surface area contributed by atoms with Gasteiger partial charge in [-0.3, -0.25) is 9.59 Å². The van der Waals surface area contributed by atoms with Gasteiger partial charge >= 0.3 is 11.9 Å². The van der Waals surface area contributed by atoms with Crippen molar-refractivity contribution in [2.75, 3.05) is 0 Å². The highest BCUT2D eigenvalue weighted by atomic mass is 16.4. The molecule has 7 nitrogen and oxygen atoms in total. The van der Waals surface area contributed by atoms with E-state index in [1.807, 2.05) is 0 Å². The second-order valence-corrected chi connectivity index (χ2v) is 7.84. The lowest BCUT2D eigenvalue weighted by atomic mass is 10.0. The summed E-state index contributed by atoms with van der Waals surface area (Å²) in [6.45, 7) is 1.41. The normalized spacial score (nSPS) is 11.8. The van der Waals surface area contributed by atoms with E-state index in [0.29, 0.717) is 6.42 Å². The maximum absolute atomic E-state index is 11.8. The van der Waals surface area contributed by atoms with Crippen LogP contribution in [-0.4, -0.2) is 39.9 Å². The summed E-state index contributed by atoms with van der Waals surface area (Å²) in [6.07, 6.45) is 13.8. The number of amides is 1. The second kappa shape index (κ2) is 18.1. The minimum absolute atomic E-state index is 0.0822. The molecule has 1 atom stereocenters. The number of carboxylic acids is 2. The van der Waals surface area contributed by atoms with E-state index in [1.54, 1.807) is 0 Å². The topological polar surface area (TPSA) is 121 Å². The van der Waals surface area contributed by atoms with Crippen molar-refractivity contribution in [3.63, 3.8) is 0 Å². The second-order valence-electron chi connectivity index (χ2n) is 7.84. The van der Waals surface area contributed by atoms with Crippen LogP contribution in [0.25, 0.3) is 0 Å². The molecule has 0 saturated heterocycles. The molecule has 3 N–H and O–H groups in total. The Labute approximate surface area is 174 Å². The van der Waals surface area contributed by atoms with E-state index in [4.69, 9.17) is 10.2 Å². The van der Waals surface area contributed by atoms with Gasteiger partial charge in [-0.15, -0.1) is 0 Å². The average Bonchev–Trinajstić information content (AvgIpc) is 2.64. The molecule has 0 radical (unpaired) electrons. The first kappa shape index (κ1) is 27.1. The molecular formula is C22H39NO6. The number of carboxylic acid groups (broad SMARTS) is 2. The molecule has 0 aliphatic carbocycles. The smallest absolute Gasteiger partial charge is 0.326 e. The molecule has 0 unspecified atom stereocenters. The summed E-state index contributed by atoms with van der Waals surface area (Å²) in [5.41, 5.74) is 0. The average molecular weight is 414 g/mol. The van der Waals surface area contributed by atoms with Gasteiger partial charge in [-0.1, -0.05) is 64.2 Å². The van der Waals surface area contributed by atoms with Gasteiger partial charge in [0.2, 0.25) is 5.91 Å². The predicted molar refractivity (Wildman–Crippen MR) is 112 cm³/mol. The number of rotatable bonds is 20. The fraction of sp³-hybridized carbons (Fsp3) is 0.818. The lowest BCUT2D eigenvalue weighted by Gasteiger charge is -2.13. The molecule has 0 bridgehead atoms. The number of Topliss-reactive ketones (excluding diaryl/α,β-unsaturated/α-hetero) is 1. The van der Waals surface area contributed by atoms with Crippen molar-refractivity contribution in [3.8, 4) is 0 Å². The SMILES string of the molecule is CC(=O)CC[C@@H](NC(=O)CCCCCCCCCCCCCCC(=O)O)C(=O)O. The van der Waals surface area contributed by atoms with Crippen molar-refractivity contribution < 1.29 is 29.4 Å². The largest absolute Gasteiger partial charge is 0.481 e. The van der Waals surface area contributed by atoms with Crippen LogP contribution in [0.1, 0.15) is 110 Å². The molecule has 0 fully saturated rings. The zero-order valence-electron chi connectivity index (χ0n) is 17.9. The maximum atomic E-state index is 11.8. The number of unbranched alkanes of at least 4 members (excludes halogenated alkanes) is 11. The van der Waals surface area contributed by atoms with Crippen molar-refractivity contribution in [1.29, 1.82) is 0 Å². The predicted octanol–water partition coefficient (Wildman–Crippen LogP) is 4.47. The van der Waals surface area contributed by atoms with E-state index in [1.165, 1.54) is 39.0 Å². The Morgan fingerprint density at radius 3 is 1.45 bits per heavy atom. The molecule has 0 heterocycles. The molecule has 0 spiro atoms. The summed E-state index contributed by atoms with van der Waals surface area (Å²) >= 11 is 0. The highest BCUT2D eigenvalue weighted by Crippen LogP contribution is 2.13. The third-order valence-corrected chi connectivity index (χ3v) is 4.96. The van der Waals surface area contributed by atoms with E-state index in [9.17, 15) is 19.2 Å². The number of ketones is 1. The van der Waals surface area contributed by atoms with Gasteiger partial charge in [-0.05, 0) is 26.2 Å². The van der Waals surface area contributed by atoms with Gasteiger partial charge in [0.05, 0.1) is 0 Å². The zero-order valence-corrected chi connectivity index (χ0v) is 17.9. The lowest BCUT2D eigenvalue weighted by molar-refractivity contribution is -0.142. The summed E-state index contributed by atoms with van der Waals surface area (Å²) in [4.78, 5) is 44.3. The maximum Gasteiger partial charge on any atom is 0.326 e. The lowest BCUT2D eigenvalue weighted by Crippen LogP contribution is -2.40. The van der Waals surface area contributed by atoms with E-state index in [0.717, 1.165) is 44.9 Å². The van der Waals surface area contributed by atoms with Gasteiger partial charge in [-0.2, -0.15) is 0 Å². The Kier molecular flexibility index (Phi) is 16.9. The third kappa shape index (κ3) is 19.2. The summed E-state index contributed by atoms with van der Waals surface area (Å²) in [5.74, 6) is -2.15. The third-order valence-electron chi connectivity index (χ3n) is 4.96. The highest BCUT2D eigenvalue weighted by Gasteiger charge is 2.19. The summed E-state index contributed by atoms with van der Waals surface area (Å²) in [7, 11) is 0. The van der Waals surface area contributed by atoms with Crippen LogP contribution in [0.2, 0.25) is 0 Å². The standard InChI is InChI=1S/C22H39NO6/c1-18(24)16-17-19(22(28)29)23-20(25)14-12-10-8-6-4-2-3-5-7-9-11-13-15-21(26)27/h19H,2-17H2,1H3,(H,23,25)(H,26,27)(H,28,29)/t19-/m1/s1. The van der Waals surface area contributed by atoms with Gasteiger partial charge in [0.15, 0.2) is 0 Å². The molecule has 1 amide bonds. The quantitative estimate of drug-likeness (QED) is 0.253. The number of hydrogen-bond donors (Lipinski definition) is 3. The Bertz CT molecular complexity index is 492. The minimum Gasteiger partial charge on any atom is -0.481 e. The molecule has 29 heavy (non-hydrogen) atoms. The van der Waals surface area contributed by atoms with Crippen molar-refractivity contribution >= 4 is 23.6 Å². The Morgan fingerprint density at radius 1 is 0.655 bits per heavy atom. The highest BCUT2D eigenvalue weighted by molar-refractivity contribution is 5.84. The molecule has 0 aromatic rings. The van der Waals surface area contributed by atoms with Crippen molar-refractivity contribution in [3.05, 3.63) is 0 Å². The fourth-order valence-electron chi connectivity index (χ4n) is 3.20. The van der Waals surface area contributed by atoms with E-state index in [-0.39, 0.29) is 31.0 Å². The van der Waals surface area contributed by atoms with E-state index >= 15 is 0 Å². The van der Waals surface area contributed by atoms with Crippen LogP contribution in [-0.2, 0) is 19.2 Å². The van der Waals surface area contributed by atoms with Crippen LogP contribution in [0, 0.1) is 0 Å². The summed E-state index contributed by atoms with van der Waals surface area (Å²) in [6, 6.07) is -0.983. The Balaban J connectivity index is 3.48. The molecule has 0 saturated carbocycles. The first-order valence-electron chi connectivity index (χ1n) is 11.1. The molecule has 0 rings (SSSR count). The Hall–Kier alpha value is -1.92. The monoisotopic (exact) mass is 413 g/mol. The summed E-state index contributed by atoms with van der Waals surface area (Å²) in [5, 5.41) is 20.1.